The van der Waals surface area contributed by atoms with E-state index in [0.29, 0.717) is 0 Å². The van der Waals surface area contributed by atoms with Crippen molar-refractivity contribution >= 4 is 43.6 Å². The van der Waals surface area contributed by atoms with Crippen molar-refractivity contribution in [3.05, 3.63) is 180 Å². The summed E-state index contributed by atoms with van der Waals surface area (Å²) in [4.78, 5) is 0. The van der Waals surface area contributed by atoms with Crippen molar-refractivity contribution in [3.8, 4) is 11.4 Å². The van der Waals surface area contributed by atoms with Crippen LogP contribution < -0.4 is 5.32 Å². The number of allylic oxidation sites excluding steroid dienone is 7. The monoisotopic (exact) mass is 619 g/mol. The molecule has 0 saturated carbocycles. The van der Waals surface area contributed by atoms with Gasteiger partial charge in [-0.3, -0.25) is 0 Å². The van der Waals surface area contributed by atoms with Crippen LogP contribution >= 0.6 is 0 Å². The first-order valence-corrected chi connectivity index (χ1v) is 17.0. The lowest BCUT2D eigenvalue weighted by molar-refractivity contribution is 0.653. The first-order valence-electron chi connectivity index (χ1n) is 17.0. The molecule has 0 aliphatic heterocycles. The summed E-state index contributed by atoms with van der Waals surface area (Å²) in [5.74, 6) is 0. The maximum Gasteiger partial charge on any atom is 0.0548 e. The Kier molecular flexibility index (Phi) is 7.06. The van der Waals surface area contributed by atoms with Gasteiger partial charge in [0.15, 0.2) is 0 Å². The molecule has 1 atom stereocenters. The lowest BCUT2D eigenvalue weighted by Gasteiger charge is -2.23. The van der Waals surface area contributed by atoms with Crippen molar-refractivity contribution in [2.75, 3.05) is 0 Å². The van der Waals surface area contributed by atoms with E-state index < -0.39 is 0 Å². The Labute approximate surface area is 281 Å². The van der Waals surface area contributed by atoms with E-state index in [4.69, 9.17) is 0 Å². The van der Waals surface area contributed by atoms with Crippen LogP contribution in [0, 0.1) is 0 Å². The quantitative estimate of drug-likeness (QED) is 0.197. The van der Waals surface area contributed by atoms with Gasteiger partial charge in [-0.2, -0.15) is 0 Å². The van der Waals surface area contributed by atoms with Gasteiger partial charge in [-0.15, -0.1) is 0 Å². The highest BCUT2D eigenvalue weighted by Crippen LogP contribution is 2.39. The fourth-order valence-electron chi connectivity index (χ4n) is 7.78. The Morgan fingerprint density at radius 1 is 0.646 bits per heavy atom. The average molecular weight is 620 g/mol. The number of aromatic nitrogens is 2. The Morgan fingerprint density at radius 3 is 2.02 bits per heavy atom. The molecule has 3 nitrogen and oxygen atoms in total. The maximum atomic E-state index is 3.86. The van der Waals surface area contributed by atoms with Crippen LogP contribution in [0.15, 0.2) is 175 Å². The van der Waals surface area contributed by atoms with Gasteiger partial charge in [-0.25, -0.2) is 0 Å². The number of hydrogen-bond donors (Lipinski definition) is 1. The summed E-state index contributed by atoms with van der Waals surface area (Å²) in [6.45, 7) is 3.05. The van der Waals surface area contributed by atoms with Gasteiger partial charge >= 0.3 is 0 Å². The predicted molar refractivity (Wildman–Crippen MR) is 203 cm³/mol. The van der Waals surface area contributed by atoms with Crippen LogP contribution in [-0.4, -0.2) is 15.2 Å². The summed E-state index contributed by atoms with van der Waals surface area (Å²) in [5.41, 5.74) is 12.7. The highest BCUT2D eigenvalue weighted by molar-refractivity contribution is 6.19. The second-order valence-corrected chi connectivity index (χ2v) is 12.9. The van der Waals surface area contributed by atoms with E-state index in [0.717, 1.165) is 19.4 Å². The number of para-hydroxylation sites is 3. The number of benzene rings is 5. The predicted octanol–water partition coefficient (Wildman–Crippen LogP) is 11.1. The number of hydrogen-bond acceptors (Lipinski definition) is 1. The molecule has 1 unspecified atom stereocenters. The molecule has 2 aromatic heterocycles. The fraction of sp³-hybridized carbons (Fsp3) is 0.111. The Bertz CT molecular complexity index is 2510. The van der Waals surface area contributed by atoms with Gasteiger partial charge in [0.05, 0.1) is 28.1 Å². The molecule has 48 heavy (non-hydrogen) atoms. The zero-order valence-corrected chi connectivity index (χ0v) is 27.1. The summed E-state index contributed by atoms with van der Waals surface area (Å²) in [6, 6.07) is 42.3. The van der Waals surface area contributed by atoms with Gasteiger partial charge in [-0.1, -0.05) is 109 Å². The zero-order valence-electron chi connectivity index (χ0n) is 27.1. The molecule has 0 bridgehead atoms. The van der Waals surface area contributed by atoms with Crippen molar-refractivity contribution < 1.29 is 0 Å². The van der Waals surface area contributed by atoms with Gasteiger partial charge in [-0.05, 0) is 90.6 Å². The van der Waals surface area contributed by atoms with Crippen molar-refractivity contribution in [2.45, 2.75) is 32.4 Å². The van der Waals surface area contributed by atoms with Crippen LogP contribution in [0.2, 0.25) is 0 Å². The lowest BCUT2D eigenvalue weighted by Crippen LogP contribution is -2.30. The van der Waals surface area contributed by atoms with Crippen molar-refractivity contribution in [3.63, 3.8) is 0 Å². The van der Waals surface area contributed by atoms with Gasteiger partial charge in [0.2, 0.25) is 0 Å². The summed E-state index contributed by atoms with van der Waals surface area (Å²) >= 11 is 0. The Hall–Kier alpha value is -5.64. The molecule has 9 rings (SSSR count). The maximum absolute atomic E-state index is 3.86. The molecule has 0 spiro atoms. The minimum atomic E-state index is 0.175. The lowest BCUT2D eigenvalue weighted by atomic mass is 9.89. The van der Waals surface area contributed by atoms with E-state index >= 15 is 0 Å². The third-order valence-corrected chi connectivity index (χ3v) is 10.1. The van der Waals surface area contributed by atoms with Gasteiger partial charge in [0.25, 0.3) is 0 Å². The number of rotatable bonds is 6. The van der Waals surface area contributed by atoms with Gasteiger partial charge in [0, 0.05) is 39.5 Å². The minimum Gasteiger partial charge on any atom is -0.309 e. The molecule has 232 valence electrons. The van der Waals surface area contributed by atoms with E-state index in [1.807, 2.05) is 0 Å². The third kappa shape index (κ3) is 4.78. The van der Waals surface area contributed by atoms with Crippen LogP contribution in [0.3, 0.4) is 0 Å². The van der Waals surface area contributed by atoms with Crippen LogP contribution in [0.25, 0.3) is 55.0 Å². The molecule has 0 amide bonds. The fourth-order valence-corrected chi connectivity index (χ4v) is 7.78. The summed E-state index contributed by atoms with van der Waals surface area (Å²) in [6.07, 6.45) is 17.8. The smallest absolute Gasteiger partial charge is 0.0548 e. The minimum absolute atomic E-state index is 0.175. The van der Waals surface area contributed by atoms with Crippen molar-refractivity contribution in [1.29, 1.82) is 0 Å². The van der Waals surface area contributed by atoms with Crippen LogP contribution in [0.4, 0.5) is 0 Å². The van der Waals surface area contributed by atoms with Crippen LogP contribution in [-0.2, 0) is 6.54 Å². The average Bonchev–Trinajstić information content (AvgIpc) is 3.66. The first-order chi connectivity index (χ1) is 23.7. The van der Waals surface area contributed by atoms with E-state index in [9.17, 15) is 0 Å². The Morgan fingerprint density at radius 2 is 1.31 bits per heavy atom. The molecule has 2 aliphatic carbocycles. The van der Waals surface area contributed by atoms with E-state index in [1.165, 1.54) is 77.3 Å². The number of nitrogens with zero attached hydrogens (tertiary/aromatic N) is 2. The van der Waals surface area contributed by atoms with Crippen molar-refractivity contribution in [1.82, 2.24) is 14.5 Å². The molecule has 3 heteroatoms. The SMILES string of the molecule is C/C(C1=CC=CCC1)=C1/C=CC=CC1NCc1cccc(-n2c3ccccc3c3cc4c(cc32)c2ccccc2n4-c2ccccc2)c1. The molecule has 2 heterocycles. The molecule has 7 aromatic rings. The number of nitrogens with one attached hydrogen (secondary N) is 1. The van der Waals surface area contributed by atoms with Gasteiger partial charge in [0.1, 0.15) is 0 Å². The largest absolute Gasteiger partial charge is 0.309 e. The summed E-state index contributed by atoms with van der Waals surface area (Å²) in [5, 5.41) is 8.92. The van der Waals surface area contributed by atoms with E-state index in [1.54, 1.807) is 0 Å². The van der Waals surface area contributed by atoms with Crippen LogP contribution in [0.1, 0.15) is 25.3 Å². The number of fused-ring (bicyclic) bond motifs is 6. The molecular weight excluding hydrogens is 583 g/mol. The highest BCUT2D eigenvalue weighted by Gasteiger charge is 2.19. The summed E-state index contributed by atoms with van der Waals surface area (Å²) in [7, 11) is 0. The normalized spacial score (nSPS) is 17.2. The highest BCUT2D eigenvalue weighted by atomic mass is 15.0. The molecule has 1 N–H and O–H groups in total. The second kappa shape index (κ2) is 11.9. The topological polar surface area (TPSA) is 21.9 Å². The Balaban J connectivity index is 1.15. The van der Waals surface area contributed by atoms with Crippen LogP contribution in [0.5, 0.6) is 0 Å². The third-order valence-electron chi connectivity index (χ3n) is 10.1. The van der Waals surface area contributed by atoms with E-state index in [2.05, 4.69) is 179 Å². The first kappa shape index (κ1) is 28.6. The molecular formula is C45H37N3. The van der Waals surface area contributed by atoms with Crippen molar-refractivity contribution in [2.24, 2.45) is 0 Å². The zero-order chi connectivity index (χ0) is 32.0. The standard InChI is InChI=1S/C45H37N3/c1-31(33-16-4-2-5-17-33)36-21-8-11-24-41(36)46-30-32-15-14-20-35(27-32)48-43-26-13-10-23-38(43)40-28-44-39(29-45(40)48)37-22-9-12-25-42(37)47(44)34-18-6-3-7-19-34/h2-4,6-16,18-29,41,46H,5,17,30H2,1H3/b36-31+. The van der Waals surface area contributed by atoms with Gasteiger partial charge < -0.3 is 14.5 Å². The molecule has 0 radical (unpaired) electrons. The second-order valence-electron chi connectivity index (χ2n) is 12.9. The molecule has 0 fully saturated rings. The molecule has 2 aliphatic rings. The molecule has 5 aromatic carbocycles. The summed E-state index contributed by atoms with van der Waals surface area (Å²) < 4.78 is 4.85. The van der Waals surface area contributed by atoms with E-state index in [-0.39, 0.29) is 6.04 Å². The molecule has 0 saturated heterocycles.